The Balaban J connectivity index is 2.66. The lowest BCUT2D eigenvalue weighted by Crippen LogP contribution is -2.59. The van der Waals surface area contributed by atoms with E-state index in [9.17, 15) is 40.3 Å². The topological polar surface area (TPSA) is 43.4 Å². The largest absolute Gasteiger partial charge is 0.462 e. The maximum absolute atomic E-state index is 15.0. The zero-order chi connectivity index (χ0) is 27.5. The predicted octanol–water partition coefficient (Wildman–Crippen LogP) is 5.12. The van der Waals surface area contributed by atoms with Gasteiger partial charge in [0, 0.05) is 0 Å². The van der Waals surface area contributed by atoms with Crippen LogP contribution in [-0.2, 0) is 14.3 Å². The van der Waals surface area contributed by atoms with Gasteiger partial charge in [-0.05, 0) is 29.7 Å². The number of carbonyl (C=O) groups is 2. The predicted molar refractivity (Wildman–Crippen MR) is 128 cm³/mol. The number of alkyl halides is 7. The highest BCUT2D eigenvalue weighted by Crippen LogP contribution is 2.51. The van der Waals surface area contributed by atoms with E-state index in [0.29, 0.717) is 0 Å². The van der Waals surface area contributed by atoms with E-state index >= 15 is 0 Å². The minimum absolute atomic E-state index is 0.0925. The van der Waals surface area contributed by atoms with Gasteiger partial charge >= 0.3 is 24.0 Å². The van der Waals surface area contributed by atoms with Gasteiger partial charge in [-0.3, -0.25) is 4.79 Å². The Morgan fingerprint density at radius 3 is 1.32 bits per heavy atom. The molecule has 0 aliphatic heterocycles. The zero-order valence-corrected chi connectivity index (χ0v) is 20.1. The highest BCUT2D eigenvalue weighted by molar-refractivity contribution is 7.97. The second-order valence-corrected chi connectivity index (χ2v) is 11.1. The number of hydrogen-bond acceptors (Lipinski definition) is 3. The summed E-state index contributed by atoms with van der Waals surface area (Å²) in [4.78, 5) is 26.6. The van der Waals surface area contributed by atoms with Crippen molar-refractivity contribution in [2.45, 2.75) is 24.9 Å². The summed E-state index contributed by atoms with van der Waals surface area (Å²) >= 11 is 0. The van der Waals surface area contributed by atoms with Crippen LogP contribution in [0.25, 0.3) is 0 Å². The summed E-state index contributed by atoms with van der Waals surface area (Å²) in [5.41, 5.74) is 0. The van der Waals surface area contributed by atoms with Gasteiger partial charge in [-0.25, -0.2) is 4.79 Å². The molecule has 11 heteroatoms. The van der Waals surface area contributed by atoms with E-state index < -0.39 is 48.6 Å². The van der Waals surface area contributed by atoms with Crippen molar-refractivity contribution in [3.63, 3.8) is 0 Å². The third kappa shape index (κ3) is 4.82. The van der Waals surface area contributed by atoms with E-state index in [2.05, 4.69) is 0 Å². The maximum atomic E-state index is 15.0. The van der Waals surface area contributed by atoms with Gasteiger partial charge in [-0.2, -0.15) is 30.7 Å². The summed E-state index contributed by atoms with van der Waals surface area (Å²) in [7, 11) is 0. The number of hydrogen-bond donors (Lipinski definition) is 0. The van der Waals surface area contributed by atoms with E-state index in [1.807, 2.05) is 0 Å². The van der Waals surface area contributed by atoms with E-state index in [1.54, 1.807) is 18.2 Å². The molecule has 37 heavy (non-hydrogen) atoms. The number of esters is 1. The third-order valence-electron chi connectivity index (χ3n) is 5.49. The van der Waals surface area contributed by atoms with E-state index in [4.69, 9.17) is 4.74 Å². The second-order valence-electron chi connectivity index (χ2n) is 7.72. The Bertz CT molecular complexity index is 1200. The molecule has 0 aliphatic rings. The third-order valence-corrected chi connectivity index (χ3v) is 9.76. The van der Waals surface area contributed by atoms with Crippen LogP contribution in [0.1, 0.15) is 6.92 Å². The van der Waals surface area contributed by atoms with Crippen molar-refractivity contribution >= 4 is 39.8 Å². The van der Waals surface area contributed by atoms with Crippen LogP contribution in [0.5, 0.6) is 0 Å². The average molecular weight is 544 g/mol. The summed E-state index contributed by atoms with van der Waals surface area (Å²) in [6.45, 7) is -3.30. The van der Waals surface area contributed by atoms with Crippen LogP contribution in [0.3, 0.4) is 0 Å². The van der Waals surface area contributed by atoms with Gasteiger partial charge < -0.3 is 4.74 Å². The van der Waals surface area contributed by atoms with Gasteiger partial charge in [0.05, 0.1) is 6.61 Å². The van der Waals surface area contributed by atoms with Gasteiger partial charge in [0.1, 0.15) is 5.29 Å². The summed E-state index contributed by atoms with van der Waals surface area (Å²) in [5.74, 6) is -17.8. The van der Waals surface area contributed by atoms with Crippen molar-refractivity contribution in [1.82, 2.24) is 0 Å². The number of ether oxygens (including phenoxy) is 1. The first-order valence-electron chi connectivity index (χ1n) is 10.8. The summed E-state index contributed by atoms with van der Waals surface area (Å²) in [5, 5.41) is -1.20. The van der Waals surface area contributed by atoms with Crippen molar-refractivity contribution in [3.05, 3.63) is 91.0 Å². The van der Waals surface area contributed by atoms with Gasteiger partial charge in [0.15, 0.2) is 0 Å². The summed E-state index contributed by atoms with van der Waals surface area (Å²) < 4.78 is 102. The molecule has 0 heterocycles. The smallest absolute Gasteiger partial charge is 0.460 e. The van der Waals surface area contributed by atoms with E-state index in [1.165, 1.54) is 79.7 Å². The molecule has 3 rings (SSSR count). The van der Waals surface area contributed by atoms with Crippen LogP contribution in [0.4, 0.5) is 30.7 Å². The molecular formula is C26H20F7O3P. The maximum Gasteiger partial charge on any atom is 0.460 e. The molecule has 0 amide bonds. The van der Waals surface area contributed by atoms with E-state index in [-0.39, 0.29) is 15.9 Å². The van der Waals surface area contributed by atoms with Gasteiger partial charge in [-0.15, -0.1) is 0 Å². The molecule has 0 spiro atoms. The minimum atomic E-state index is -6.78. The molecule has 0 saturated carbocycles. The van der Waals surface area contributed by atoms with Gasteiger partial charge in [-0.1, -0.05) is 91.0 Å². The van der Waals surface area contributed by atoms with Crippen LogP contribution in [0.15, 0.2) is 91.0 Å². The fourth-order valence-electron chi connectivity index (χ4n) is 3.84. The fourth-order valence-corrected chi connectivity index (χ4v) is 8.15. The molecule has 0 aliphatic carbocycles. The molecule has 3 aromatic rings. The van der Waals surface area contributed by atoms with Crippen molar-refractivity contribution in [2.75, 3.05) is 6.61 Å². The lowest BCUT2D eigenvalue weighted by molar-refractivity contribution is -0.342. The lowest BCUT2D eigenvalue weighted by Gasteiger charge is -2.34. The molecule has 0 aromatic heterocycles. The molecular weight excluding hydrogens is 524 g/mol. The van der Waals surface area contributed by atoms with Crippen molar-refractivity contribution in [3.8, 4) is 0 Å². The normalized spacial score (nSPS) is 12.6. The Morgan fingerprint density at radius 2 is 1.03 bits per heavy atom. The number of benzene rings is 3. The number of rotatable bonds is 8. The number of Topliss-reactive ketones (excluding diaryl/α,β-unsaturated/α-hetero) is 1. The quantitative estimate of drug-likeness (QED) is 0.171. The first-order chi connectivity index (χ1) is 17.3. The van der Waals surface area contributed by atoms with Crippen LogP contribution in [0, 0.1) is 0 Å². The summed E-state index contributed by atoms with van der Waals surface area (Å²) in [6.07, 6.45) is -6.78. The monoisotopic (exact) mass is 544 g/mol. The first kappa shape index (κ1) is 28.2. The van der Waals surface area contributed by atoms with E-state index in [0.717, 1.165) is 0 Å². The Hall–Kier alpha value is -3.39. The Labute approximate surface area is 207 Å². The SMILES string of the molecule is CCOC(=O)C(C(=O)C(F)(F)C(F)(F)C(F)(F)F)=P(c1ccccc1)(c1ccccc1)c1ccccc1. The average Bonchev–Trinajstić information content (AvgIpc) is 2.87. The molecule has 196 valence electrons. The second kappa shape index (κ2) is 10.5. The molecule has 0 radical (unpaired) electrons. The van der Waals surface area contributed by atoms with Crippen LogP contribution in [-0.4, -0.2) is 41.7 Å². The molecule has 0 saturated heterocycles. The first-order valence-corrected chi connectivity index (χ1v) is 12.6. The summed E-state index contributed by atoms with van der Waals surface area (Å²) in [6, 6.07) is 21.8. The van der Waals surface area contributed by atoms with Crippen molar-refractivity contribution < 1.29 is 45.1 Å². The Kier molecular flexibility index (Phi) is 8.03. The molecule has 0 unspecified atom stereocenters. The standard InChI is InChI=1S/C26H20F7O3P/c1-2-36-23(35)21(22(34)24(27,28)25(29,30)26(31,32)33)37(18-12-6-3-7-13-18,19-14-8-4-9-15-19)20-16-10-5-11-17-20/h3-17H,2H2,1H3. The lowest BCUT2D eigenvalue weighted by atomic mass is 10.0. The number of ketones is 1. The number of halogens is 7. The minimum Gasteiger partial charge on any atom is -0.462 e. The van der Waals surface area contributed by atoms with Crippen LogP contribution >= 0.6 is 6.89 Å². The van der Waals surface area contributed by atoms with Crippen molar-refractivity contribution in [1.29, 1.82) is 0 Å². The Morgan fingerprint density at radius 1 is 0.676 bits per heavy atom. The molecule has 0 bridgehead atoms. The fraction of sp³-hybridized carbons (Fsp3) is 0.192. The van der Waals surface area contributed by atoms with Gasteiger partial charge in [0.2, 0.25) is 5.78 Å². The van der Waals surface area contributed by atoms with Crippen LogP contribution < -0.4 is 15.9 Å². The molecule has 0 N–H and O–H groups in total. The molecule has 0 fully saturated rings. The van der Waals surface area contributed by atoms with Gasteiger partial charge in [0.25, 0.3) is 0 Å². The number of carbonyl (C=O) groups excluding carboxylic acids is 2. The zero-order valence-electron chi connectivity index (χ0n) is 19.2. The van der Waals surface area contributed by atoms with Crippen LogP contribution in [0.2, 0.25) is 0 Å². The highest BCUT2D eigenvalue weighted by atomic mass is 31.2. The molecule has 3 aromatic carbocycles. The highest BCUT2D eigenvalue weighted by Gasteiger charge is 2.77. The molecule has 0 atom stereocenters. The molecule has 3 nitrogen and oxygen atoms in total. The van der Waals surface area contributed by atoms with Crippen molar-refractivity contribution in [2.24, 2.45) is 0 Å².